The Morgan fingerprint density at radius 1 is 1.21 bits per heavy atom. The van der Waals surface area contributed by atoms with E-state index < -0.39 is 21.2 Å². The molecule has 0 saturated carbocycles. The molecule has 1 aromatic carbocycles. The van der Waals surface area contributed by atoms with Gasteiger partial charge in [-0.2, -0.15) is 0 Å². The molecule has 0 atom stereocenters. The van der Waals surface area contributed by atoms with Gasteiger partial charge in [0.05, 0.1) is 34.8 Å². The number of rotatable bonds is 7. The van der Waals surface area contributed by atoms with Crippen LogP contribution >= 0.6 is 0 Å². The molecule has 1 aromatic rings. The van der Waals surface area contributed by atoms with Crippen molar-refractivity contribution in [2.45, 2.75) is 19.8 Å². The van der Waals surface area contributed by atoms with Gasteiger partial charge < -0.3 is 10.1 Å². The van der Waals surface area contributed by atoms with Crippen LogP contribution in [0.15, 0.2) is 12.1 Å². The number of nitrogens with zero attached hydrogens (tertiary/aromatic N) is 2. The first-order valence-corrected chi connectivity index (χ1v) is 5.76. The molecule has 0 spiro atoms. The summed E-state index contributed by atoms with van der Waals surface area (Å²) in [5.74, 6) is 0.216. The third kappa shape index (κ3) is 3.54. The van der Waals surface area contributed by atoms with Gasteiger partial charge in [-0.15, -0.1) is 0 Å². The summed E-state index contributed by atoms with van der Waals surface area (Å²) >= 11 is 0. The van der Waals surface area contributed by atoms with E-state index in [0.29, 0.717) is 12.2 Å². The predicted molar refractivity (Wildman–Crippen MR) is 69.7 cm³/mol. The number of hydrogen-bond donors (Lipinski definition) is 1. The Bertz CT molecular complexity index is 489. The number of hydrogen-bond acceptors (Lipinski definition) is 6. The normalized spacial score (nSPS) is 10.0. The van der Waals surface area contributed by atoms with Crippen LogP contribution in [0.3, 0.4) is 0 Å². The van der Waals surface area contributed by atoms with Crippen LogP contribution in [0.4, 0.5) is 17.1 Å². The van der Waals surface area contributed by atoms with E-state index in [1.54, 1.807) is 0 Å². The van der Waals surface area contributed by atoms with Gasteiger partial charge >= 0.3 is 11.4 Å². The monoisotopic (exact) mass is 269 g/mol. The van der Waals surface area contributed by atoms with Gasteiger partial charge in [0.15, 0.2) is 0 Å². The molecule has 104 valence electrons. The minimum Gasteiger partial charge on any atom is -0.494 e. The summed E-state index contributed by atoms with van der Waals surface area (Å²) in [7, 11) is 1.36. The minimum absolute atomic E-state index is 0.216. The molecule has 8 heteroatoms. The number of nitro benzene ring substituents is 2. The summed E-state index contributed by atoms with van der Waals surface area (Å²) in [6, 6.07) is 2.19. The first-order valence-electron chi connectivity index (χ1n) is 5.76. The molecule has 0 amide bonds. The van der Waals surface area contributed by atoms with Gasteiger partial charge in [-0.3, -0.25) is 20.2 Å². The Morgan fingerprint density at radius 2 is 1.79 bits per heavy atom. The Balaban J connectivity index is 3.19. The first-order chi connectivity index (χ1) is 9.01. The maximum absolute atomic E-state index is 10.8. The standard InChI is InChI=1S/C11H15N3O5/c1-3-4-5-12-8-6-9(13(15)16)10(14(17)18)7-11(8)19-2/h6-7,12H,3-5H2,1-2H3. The molecule has 0 saturated heterocycles. The molecule has 0 bridgehead atoms. The summed E-state index contributed by atoms with van der Waals surface area (Å²) in [5, 5.41) is 24.6. The van der Waals surface area contributed by atoms with E-state index in [1.165, 1.54) is 7.11 Å². The SMILES string of the molecule is CCCCNc1cc([N+](=O)[O-])c([N+](=O)[O-])cc1OC. The third-order valence-corrected chi connectivity index (χ3v) is 2.54. The summed E-state index contributed by atoms with van der Waals surface area (Å²) < 4.78 is 5.01. The fourth-order valence-electron chi connectivity index (χ4n) is 1.56. The molecule has 0 fully saturated rings. The number of nitro groups is 2. The van der Waals surface area contributed by atoms with Gasteiger partial charge in [-0.05, 0) is 6.42 Å². The summed E-state index contributed by atoms with van der Waals surface area (Å²) in [6.07, 6.45) is 1.85. The highest BCUT2D eigenvalue weighted by molar-refractivity contribution is 5.69. The zero-order valence-corrected chi connectivity index (χ0v) is 10.7. The van der Waals surface area contributed by atoms with Crippen molar-refractivity contribution in [2.75, 3.05) is 19.0 Å². The van der Waals surface area contributed by atoms with Gasteiger partial charge in [-0.25, -0.2) is 0 Å². The molecule has 19 heavy (non-hydrogen) atoms. The van der Waals surface area contributed by atoms with Crippen LogP contribution < -0.4 is 10.1 Å². The Labute approximate surface area is 109 Å². The highest BCUT2D eigenvalue weighted by Crippen LogP contribution is 2.37. The lowest BCUT2D eigenvalue weighted by Crippen LogP contribution is -2.05. The Kier molecular flexibility index (Phi) is 5.04. The molecule has 1 rings (SSSR count). The van der Waals surface area contributed by atoms with E-state index in [-0.39, 0.29) is 5.75 Å². The highest BCUT2D eigenvalue weighted by atomic mass is 16.6. The lowest BCUT2D eigenvalue weighted by atomic mass is 10.2. The summed E-state index contributed by atoms with van der Waals surface area (Å²) in [6.45, 7) is 2.62. The summed E-state index contributed by atoms with van der Waals surface area (Å²) in [4.78, 5) is 20.1. The second-order valence-corrected chi connectivity index (χ2v) is 3.84. The van der Waals surface area contributed by atoms with Gasteiger partial charge in [0.2, 0.25) is 0 Å². The van der Waals surface area contributed by atoms with E-state index in [9.17, 15) is 20.2 Å². The van der Waals surface area contributed by atoms with E-state index in [1.807, 2.05) is 6.92 Å². The van der Waals surface area contributed by atoms with Crippen molar-refractivity contribution in [3.63, 3.8) is 0 Å². The van der Waals surface area contributed by atoms with Gasteiger partial charge in [0.25, 0.3) is 0 Å². The maximum Gasteiger partial charge on any atom is 0.349 e. The lowest BCUT2D eigenvalue weighted by Gasteiger charge is -2.10. The van der Waals surface area contributed by atoms with Crippen molar-refractivity contribution in [3.8, 4) is 5.75 Å². The van der Waals surface area contributed by atoms with Crippen LogP contribution in [0.2, 0.25) is 0 Å². The molecule has 0 unspecified atom stereocenters. The molecule has 0 radical (unpaired) electrons. The molecule has 0 heterocycles. The molecular formula is C11H15N3O5. The Hall–Kier alpha value is -2.38. The molecule has 0 aliphatic rings. The fraction of sp³-hybridized carbons (Fsp3) is 0.455. The van der Waals surface area contributed by atoms with E-state index >= 15 is 0 Å². The van der Waals surface area contributed by atoms with Crippen molar-refractivity contribution in [3.05, 3.63) is 32.4 Å². The zero-order valence-electron chi connectivity index (χ0n) is 10.7. The number of ether oxygens (including phenoxy) is 1. The van der Waals surface area contributed by atoms with Crippen molar-refractivity contribution in [1.29, 1.82) is 0 Å². The average molecular weight is 269 g/mol. The predicted octanol–water partition coefficient (Wildman–Crippen LogP) is 2.72. The van der Waals surface area contributed by atoms with Crippen LogP contribution in [0, 0.1) is 20.2 Å². The second-order valence-electron chi connectivity index (χ2n) is 3.84. The molecule has 0 aliphatic heterocycles. The van der Waals surface area contributed by atoms with Gasteiger partial charge in [0, 0.05) is 6.54 Å². The zero-order chi connectivity index (χ0) is 14.4. The van der Waals surface area contributed by atoms with E-state index in [2.05, 4.69) is 5.32 Å². The highest BCUT2D eigenvalue weighted by Gasteiger charge is 2.27. The van der Waals surface area contributed by atoms with Crippen molar-refractivity contribution in [2.24, 2.45) is 0 Å². The van der Waals surface area contributed by atoms with Crippen molar-refractivity contribution < 1.29 is 14.6 Å². The second kappa shape index (κ2) is 6.53. The van der Waals surface area contributed by atoms with E-state index in [4.69, 9.17) is 4.74 Å². The minimum atomic E-state index is -0.795. The quantitative estimate of drug-likeness (QED) is 0.463. The first kappa shape index (κ1) is 14.7. The molecule has 0 aliphatic carbocycles. The topological polar surface area (TPSA) is 108 Å². The van der Waals surface area contributed by atoms with E-state index in [0.717, 1.165) is 25.0 Å². The molecular weight excluding hydrogens is 254 g/mol. The fourth-order valence-corrected chi connectivity index (χ4v) is 1.56. The summed E-state index contributed by atoms with van der Waals surface area (Å²) in [5.41, 5.74) is -0.749. The number of methoxy groups -OCH3 is 1. The third-order valence-electron chi connectivity index (χ3n) is 2.54. The average Bonchev–Trinajstić information content (AvgIpc) is 2.38. The van der Waals surface area contributed by atoms with Crippen LogP contribution in [-0.2, 0) is 0 Å². The number of anilines is 1. The van der Waals surface area contributed by atoms with Gasteiger partial charge in [0.1, 0.15) is 5.75 Å². The van der Waals surface area contributed by atoms with Crippen LogP contribution in [-0.4, -0.2) is 23.5 Å². The Morgan fingerprint density at radius 3 is 2.26 bits per heavy atom. The van der Waals surface area contributed by atoms with Crippen LogP contribution in [0.5, 0.6) is 5.75 Å². The lowest BCUT2D eigenvalue weighted by molar-refractivity contribution is -0.422. The van der Waals surface area contributed by atoms with Crippen molar-refractivity contribution in [1.82, 2.24) is 0 Å². The number of unbranched alkanes of at least 4 members (excludes halogenated alkanes) is 1. The smallest absolute Gasteiger partial charge is 0.349 e. The van der Waals surface area contributed by atoms with Crippen molar-refractivity contribution >= 4 is 17.1 Å². The maximum atomic E-state index is 10.8. The molecule has 0 aromatic heterocycles. The largest absolute Gasteiger partial charge is 0.494 e. The van der Waals surface area contributed by atoms with Crippen LogP contribution in [0.25, 0.3) is 0 Å². The van der Waals surface area contributed by atoms with Crippen LogP contribution in [0.1, 0.15) is 19.8 Å². The van der Waals surface area contributed by atoms with Gasteiger partial charge in [-0.1, -0.05) is 13.3 Å². The molecule has 8 nitrogen and oxygen atoms in total. The molecule has 1 N–H and O–H groups in total. The number of nitrogens with one attached hydrogen (secondary N) is 1. The number of benzene rings is 1.